The maximum absolute atomic E-state index is 5.32. The van der Waals surface area contributed by atoms with Crippen LogP contribution in [0.2, 0.25) is 0 Å². The van der Waals surface area contributed by atoms with E-state index in [1.807, 2.05) is 6.08 Å². The molecule has 0 spiro atoms. The van der Waals surface area contributed by atoms with E-state index in [1.54, 1.807) is 0 Å². The third kappa shape index (κ3) is 6.04. The van der Waals surface area contributed by atoms with Crippen molar-refractivity contribution in [3.63, 3.8) is 0 Å². The third-order valence-electron chi connectivity index (χ3n) is 1.47. The van der Waals surface area contributed by atoms with Crippen molar-refractivity contribution in [2.24, 2.45) is 5.92 Å². The molecule has 1 atom stereocenters. The lowest BCUT2D eigenvalue weighted by Crippen LogP contribution is -2.06. The Morgan fingerprint density at radius 2 is 2.40 bits per heavy atom. The fourth-order valence-electron chi connectivity index (χ4n) is 0.805. The van der Waals surface area contributed by atoms with Crippen molar-refractivity contribution in [1.29, 1.82) is 0 Å². The molecule has 0 radical (unpaired) electrons. The van der Waals surface area contributed by atoms with E-state index < -0.39 is 0 Å². The van der Waals surface area contributed by atoms with E-state index in [0.29, 0.717) is 5.92 Å². The molecule has 0 fully saturated rings. The second-order valence-electron chi connectivity index (χ2n) is 2.63. The molecule has 0 heterocycles. The summed E-state index contributed by atoms with van der Waals surface area (Å²) in [6, 6.07) is 0. The van der Waals surface area contributed by atoms with Crippen molar-refractivity contribution in [3.05, 3.63) is 12.7 Å². The quantitative estimate of drug-likeness (QED) is 0.413. The minimum Gasteiger partial charge on any atom is -0.386 e. The summed E-state index contributed by atoms with van der Waals surface area (Å²) in [6.45, 7) is 6.83. The Hall–Kier alpha value is -0.0831. The Kier molecular flexibility index (Phi) is 6.97. The van der Waals surface area contributed by atoms with Crippen LogP contribution in [0.15, 0.2) is 12.7 Å². The molecule has 60 valence electrons. The van der Waals surface area contributed by atoms with Crippen molar-refractivity contribution in [3.8, 4) is 0 Å². The average molecular weight is 158 g/mol. The van der Waals surface area contributed by atoms with Gasteiger partial charge in [0.2, 0.25) is 0 Å². The van der Waals surface area contributed by atoms with Crippen LogP contribution < -0.4 is 0 Å². The Balaban J connectivity index is 3.07. The molecule has 0 amide bonds. The standard InChI is InChI=1S/C8H18OSi/c1-3-4-5-8(2)6-9-7-10/h3,8H,1,4-7H2,2,10H3. The summed E-state index contributed by atoms with van der Waals surface area (Å²) in [7, 11) is 1.16. The molecule has 0 aliphatic rings. The SMILES string of the molecule is C=CCCC(C)COC[SiH3]. The first-order valence-corrected chi connectivity index (χ1v) is 5.41. The van der Waals surface area contributed by atoms with Crippen LogP contribution >= 0.6 is 0 Å². The number of hydrogen-bond acceptors (Lipinski definition) is 1. The number of ether oxygens (including phenoxy) is 1. The summed E-state index contributed by atoms with van der Waals surface area (Å²) >= 11 is 0. The van der Waals surface area contributed by atoms with Crippen LogP contribution in [0.25, 0.3) is 0 Å². The highest BCUT2D eigenvalue weighted by atomic mass is 28.1. The maximum atomic E-state index is 5.32. The van der Waals surface area contributed by atoms with Crippen LogP contribution in [0.3, 0.4) is 0 Å². The summed E-state index contributed by atoms with van der Waals surface area (Å²) in [5, 5.41) is 0. The van der Waals surface area contributed by atoms with Gasteiger partial charge in [-0.25, -0.2) is 0 Å². The predicted molar refractivity (Wildman–Crippen MR) is 49.4 cm³/mol. The molecule has 0 saturated carbocycles. The van der Waals surface area contributed by atoms with Crippen molar-refractivity contribution >= 4 is 10.2 Å². The van der Waals surface area contributed by atoms with Crippen molar-refractivity contribution in [1.82, 2.24) is 0 Å². The number of rotatable bonds is 6. The minimum absolute atomic E-state index is 0.701. The molecule has 10 heavy (non-hydrogen) atoms. The second-order valence-corrected chi connectivity index (χ2v) is 3.21. The Morgan fingerprint density at radius 1 is 1.70 bits per heavy atom. The van der Waals surface area contributed by atoms with E-state index >= 15 is 0 Å². The molecule has 2 heteroatoms. The van der Waals surface area contributed by atoms with Crippen LogP contribution in [-0.4, -0.2) is 23.1 Å². The van der Waals surface area contributed by atoms with Crippen LogP contribution in [0, 0.1) is 5.92 Å². The first kappa shape index (κ1) is 9.92. The molecule has 0 aromatic heterocycles. The molecule has 0 aromatic rings. The Labute approximate surface area is 66.9 Å². The predicted octanol–water partition coefficient (Wildman–Crippen LogP) is 0.928. The molecular formula is C8H18OSi. The van der Waals surface area contributed by atoms with Gasteiger partial charge in [0.25, 0.3) is 0 Å². The molecule has 0 saturated heterocycles. The molecule has 0 aliphatic heterocycles. The van der Waals surface area contributed by atoms with Gasteiger partial charge >= 0.3 is 0 Å². The summed E-state index contributed by atoms with van der Waals surface area (Å²) in [5.74, 6) is 0.701. The lowest BCUT2D eigenvalue weighted by atomic mass is 10.1. The van der Waals surface area contributed by atoms with Crippen LogP contribution in [-0.2, 0) is 4.74 Å². The fraction of sp³-hybridized carbons (Fsp3) is 0.750. The van der Waals surface area contributed by atoms with Crippen molar-refractivity contribution in [2.45, 2.75) is 19.8 Å². The van der Waals surface area contributed by atoms with E-state index in [9.17, 15) is 0 Å². The van der Waals surface area contributed by atoms with E-state index in [1.165, 1.54) is 6.42 Å². The van der Waals surface area contributed by atoms with Gasteiger partial charge in [-0.3, -0.25) is 0 Å². The average Bonchev–Trinajstić information content (AvgIpc) is 1.97. The normalized spacial score (nSPS) is 13.3. The van der Waals surface area contributed by atoms with Gasteiger partial charge in [0.15, 0.2) is 0 Å². The van der Waals surface area contributed by atoms with Gasteiger partial charge < -0.3 is 4.74 Å². The first-order chi connectivity index (χ1) is 4.81. The lowest BCUT2D eigenvalue weighted by molar-refractivity contribution is 0.140. The zero-order valence-corrected chi connectivity index (χ0v) is 9.10. The van der Waals surface area contributed by atoms with Crippen LogP contribution in [0.4, 0.5) is 0 Å². The second kappa shape index (κ2) is 7.03. The van der Waals surface area contributed by atoms with E-state index in [4.69, 9.17) is 4.74 Å². The minimum atomic E-state index is 0.701. The molecule has 0 N–H and O–H groups in total. The van der Waals surface area contributed by atoms with Gasteiger partial charge in [-0.2, -0.15) is 0 Å². The summed E-state index contributed by atoms with van der Waals surface area (Å²) in [4.78, 5) is 0. The summed E-state index contributed by atoms with van der Waals surface area (Å²) < 4.78 is 5.32. The number of allylic oxidation sites excluding steroid dienone is 1. The fourth-order valence-corrected chi connectivity index (χ4v) is 1.04. The summed E-state index contributed by atoms with van der Waals surface area (Å²) in [5.41, 5.74) is 0. The van der Waals surface area contributed by atoms with Gasteiger partial charge in [-0.05, 0) is 18.8 Å². The molecular weight excluding hydrogens is 140 g/mol. The highest BCUT2D eigenvalue weighted by Crippen LogP contribution is 2.05. The zero-order chi connectivity index (χ0) is 7.82. The molecule has 1 nitrogen and oxygen atoms in total. The van der Waals surface area contributed by atoms with Gasteiger partial charge in [0.1, 0.15) is 0 Å². The molecule has 0 aliphatic carbocycles. The smallest absolute Gasteiger partial charge is 0.0487 e. The third-order valence-corrected chi connectivity index (χ3v) is 1.88. The number of hydrogen-bond donors (Lipinski definition) is 0. The molecule has 1 unspecified atom stereocenters. The maximum Gasteiger partial charge on any atom is 0.0487 e. The molecule has 0 aromatic carbocycles. The molecule has 0 rings (SSSR count). The van der Waals surface area contributed by atoms with E-state index in [-0.39, 0.29) is 0 Å². The topological polar surface area (TPSA) is 9.23 Å². The summed E-state index contributed by atoms with van der Waals surface area (Å²) in [6.07, 6.45) is 5.27. The highest BCUT2D eigenvalue weighted by Gasteiger charge is 1.98. The Bertz CT molecular complexity index is 83.3. The zero-order valence-electron chi connectivity index (χ0n) is 7.10. The molecule has 0 bridgehead atoms. The van der Waals surface area contributed by atoms with E-state index in [2.05, 4.69) is 13.5 Å². The van der Waals surface area contributed by atoms with E-state index in [0.717, 1.165) is 29.5 Å². The van der Waals surface area contributed by atoms with Crippen molar-refractivity contribution in [2.75, 3.05) is 12.8 Å². The highest BCUT2D eigenvalue weighted by molar-refractivity contribution is 6.08. The van der Waals surface area contributed by atoms with Gasteiger partial charge in [-0.1, -0.05) is 13.0 Å². The monoisotopic (exact) mass is 158 g/mol. The van der Waals surface area contributed by atoms with Crippen LogP contribution in [0.5, 0.6) is 0 Å². The lowest BCUT2D eigenvalue weighted by Gasteiger charge is -2.08. The first-order valence-electron chi connectivity index (χ1n) is 3.99. The van der Waals surface area contributed by atoms with Gasteiger partial charge in [0, 0.05) is 23.1 Å². The van der Waals surface area contributed by atoms with Gasteiger partial charge in [-0.15, -0.1) is 6.58 Å². The van der Waals surface area contributed by atoms with Gasteiger partial charge in [0.05, 0.1) is 0 Å². The van der Waals surface area contributed by atoms with Crippen molar-refractivity contribution < 1.29 is 4.74 Å². The Morgan fingerprint density at radius 3 is 2.90 bits per heavy atom. The van der Waals surface area contributed by atoms with Crippen LogP contribution in [0.1, 0.15) is 19.8 Å². The largest absolute Gasteiger partial charge is 0.386 e.